The minimum absolute atomic E-state index is 0.393. The molecule has 0 saturated heterocycles. The number of carboxylic acid groups (broad SMARTS) is 1. The summed E-state index contributed by atoms with van der Waals surface area (Å²) in [6.07, 6.45) is 4.32. The van der Waals surface area contributed by atoms with Gasteiger partial charge in [-0.2, -0.15) is 5.10 Å². The van der Waals surface area contributed by atoms with E-state index >= 15 is 0 Å². The second kappa shape index (κ2) is 9.55. The summed E-state index contributed by atoms with van der Waals surface area (Å²) in [7, 11) is 0. The number of rotatable bonds is 8. The van der Waals surface area contributed by atoms with E-state index < -0.39 is 12.1 Å². The lowest BCUT2D eigenvalue weighted by Gasteiger charge is -2.22. The predicted molar refractivity (Wildman–Crippen MR) is 128 cm³/mol. The molecule has 1 atom stereocenters. The third-order valence-corrected chi connectivity index (χ3v) is 5.87. The Hall–Kier alpha value is -3.15. The Morgan fingerprint density at radius 3 is 2.53 bits per heavy atom. The highest BCUT2D eigenvalue weighted by Crippen LogP contribution is 2.40. The van der Waals surface area contributed by atoms with Crippen molar-refractivity contribution in [1.29, 1.82) is 0 Å². The van der Waals surface area contributed by atoms with Crippen LogP contribution in [0.5, 0.6) is 0 Å². The van der Waals surface area contributed by atoms with Crippen molar-refractivity contribution in [2.75, 3.05) is 6.61 Å². The molecule has 0 fully saturated rings. The number of aromatic amines is 1. The van der Waals surface area contributed by atoms with Crippen LogP contribution in [-0.2, 0) is 9.53 Å². The van der Waals surface area contributed by atoms with Gasteiger partial charge in [-0.3, -0.25) is 5.10 Å². The van der Waals surface area contributed by atoms with Gasteiger partial charge in [-0.1, -0.05) is 55.3 Å². The highest BCUT2D eigenvalue weighted by molar-refractivity contribution is 6.30. The smallest absolute Gasteiger partial charge is 0.337 e. The molecule has 164 valence electrons. The Morgan fingerprint density at radius 1 is 1.12 bits per heavy atom. The summed E-state index contributed by atoms with van der Waals surface area (Å²) in [5, 5.41) is 19.6. The second-order valence-corrected chi connectivity index (χ2v) is 8.29. The Labute approximate surface area is 192 Å². The van der Waals surface area contributed by atoms with Crippen LogP contribution < -0.4 is 0 Å². The monoisotopic (exact) mass is 448 g/mol. The topological polar surface area (TPSA) is 75.2 Å². The van der Waals surface area contributed by atoms with Crippen molar-refractivity contribution in [2.45, 2.75) is 32.8 Å². The van der Waals surface area contributed by atoms with Crippen LogP contribution in [0.1, 0.15) is 37.0 Å². The van der Waals surface area contributed by atoms with Gasteiger partial charge in [0.25, 0.3) is 0 Å². The highest BCUT2D eigenvalue weighted by Gasteiger charge is 2.27. The Bertz CT molecular complexity index is 1230. The number of hydrogen-bond acceptors (Lipinski definition) is 3. The number of aliphatic carboxylic acids is 1. The minimum Gasteiger partial charge on any atom is -0.479 e. The zero-order valence-electron chi connectivity index (χ0n) is 18.1. The summed E-state index contributed by atoms with van der Waals surface area (Å²) in [6.45, 7) is 4.39. The lowest BCUT2D eigenvalue weighted by atomic mass is 9.86. The average molecular weight is 449 g/mol. The number of carboxylic acids is 1. The standard InChI is InChI=1S/C26H25ClN2O3/c1-3-4-11-32-25(26(30)31)23-16(2)12-19-13-18(20-14-28-29-15-20)7-10-22(19)24(23)17-5-8-21(27)9-6-17/h5-10,12-15,25H,3-4,11H2,1-2H3,(H,28,29)(H,30,31). The van der Waals surface area contributed by atoms with Crippen molar-refractivity contribution in [3.63, 3.8) is 0 Å². The van der Waals surface area contributed by atoms with Crippen LogP contribution in [0.15, 0.2) is 60.9 Å². The average Bonchev–Trinajstić information content (AvgIpc) is 3.31. The Kier molecular flexibility index (Phi) is 6.58. The van der Waals surface area contributed by atoms with Gasteiger partial charge in [-0.25, -0.2) is 4.79 Å². The first-order chi connectivity index (χ1) is 15.5. The molecule has 0 saturated carbocycles. The van der Waals surface area contributed by atoms with E-state index in [9.17, 15) is 9.90 Å². The molecule has 0 aliphatic carbocycles. The van der Waals surface area contributed by atoms with Crippen molar-refractivity contribution in [1.82, 2.24) is 10.2 Å². The van der Waals surface area contributed by atoms with Crippen molar-refractivity contribution in [3.8, 4) is 22.3 Å². The molecule has 0 amide bonds. The molecule has 4 aromatic rings. The summed E-state index contributed by atoms with van der Waals surface area (Å²) in [6, 6.07) is 15.7. The van der Waals surface area contributed by atoms with Crippen LogP contribution >= 0.6 is 11.6 Å². The molecule has 32 heavy (non-hydrogen) atoms. The van der Waals surface area contributed by atoms with E-state index in [4.69, 9.17) is 16.3 Å². The predicted octanol–water partition coefficient (Wildman–Crippen LogP) is 6.80. The van der Waals surface area contributed by atoms with E-state index in [1.807, 2.05) is 55.6 Å². The molecule has 6 heteroatoms. The highest BCUT2D eigenvalue weighted by atomic mass is 35.5. The molecule has 5 nitrogen and oxygen atoms in total. The largest absolute Gasteiger partial charge is 0.479 e. The van der Waals surface area contributed by atoms with E-state index in [2.05, 4.69) is 23.2 Å². The normalized spacial score (nSPS) is 12.2. The second-order valence-electron chi connectivity index (χ2n) is 7.85. The number of fused-ring (bicyclic) bond motifs is 1. The number of carbonyl (C=O) groups is 1. The SMILES string of the molecule is CCCCOC(C(=O)O)c1c(C)cc2cc(-c3cn[nH]c3)ccc2c1-c1ccc(Cl)cc1. The van der Waals surface area contributed by atoms with Gasteiger partial charge in [-0.05, 0) is 64.6 Å². The number of nitrogens with one attached hydrogen (secondary N) is 1. The molecule has 0 radical (unpaired) electrons. The van der Waals surface area contributed by atoms with Crippen LogP contribution in [0, 0.1) is 6.92 Å². The molecule has 0 spiro atoms. The number of ether oxygens (including phenoxy) is 1. The molecule has 2 N–H and O–H groups in total. The molecule has 1 aromatic heterocycles. The fourth-order valence-electron chi connectivity index (χ4n) is 4.04. The van der Waals surface area contributed by atoms with Crippen LogP contribution in [0.3, 0.4) is 0 Å². The van der Waals surface area contributed by atoms with Gasteiger partial charge in [0.1, 0.15) is 0 Å². The summed E-state index contributed by atoms with van der Waals surface area (Å²) < 4.78 is 5.89. The number of H-pyrrole nitrogens is 1. The van der Waals surface area contributed by atoms with E-state index in [-0.39, 0.29) is 0 Å². The molecule has 0 aliphatic rings. The Morgan fingerprint density at radius 2 is 1.88 bits per heavy atom. The molecule has 0 aliphatic heterocycles. The zero-order chi connectivity index (χ0) is 22.7. The number of benzene rings is 3. The van der Waals surface area contributed by atoms with Crippen LogP contribution in [-0.4, -0.2) is 27.9 Å². The molecular weight excluding hydrogens is 424 g/mol. The fourth-order valence-corrected chi connectivity index (χ4v) is 4.17. The maximum Gasteiger partial charge on any atom is 0.337 e. The number of aryl methyl sites for hydroxylation is 1. The quantitative estimate of drug-likeness (QED) is 0.290. The van der Waals surface area contributed by atoms with Gasteiger partial charge in [-0.15, -0.1) is 0 Å². The van der Waals surface area contributed by atoms with Crippen LogP contribution in [0.2, 0.25) is 5.02 Å². The zero-order valence-corrected chi connectivity index (χ0v) is 18.8. The van der Waals surface area contributed by atoms with Crippen molar-refractivity contribution < 1.29 is 14.6 Å². The minimum atomic E-state index is -1.05. The summed E-state index contributed by atoms with van der Waals surface area (Å²) in [5.41, 5.74) is 5.34. The number of unbranched alkanes of at least 4 members (excludes halogenated alkanes) is 1. The van der Waals surface area contributed by atoms with Crippen molar-refractivity contribution >= 4 is 28.3 Å². The number of aromatic nitrogens is 2. The van der Waals surface area contributed by atoms with Gasteiger partial charge in [0, 0.05) is 29.0 Å². The number of nitrogens with zero attached hydrogens (tertiary/aromatic N) is 1. The third kappa shape index (κ3) is 4.40. The van der Waals surface area contributed by atoms with Gasteiger partial charge >= 0.3 is 5.97 Å². The first-order valence-corrected chi connectivity index (χ1v) is 11.0. The molecule has 0 bridgehead atoms. The maximum atomic E-state index is 12.3. The lowest BCUT2D eigenvalue weighted by Crippen LogP contribution is -2.18. The summed E-state index contributed by atoms with van der Waals surface area (Å²) in [5.74, 6) is -0.992. The maximum absolute atomic E-state index is 12.3. The van der Waals surface area contributed by atoms with Crippen LogP contribution in [0.4, 0.5) is 0 Å². The molecule has 1 unspecified atom stereocenters. The molecular formula is C26H25ClN2O3. The molecule has 1 heterocycles. The fraction of sp³-hybridized carbons (Fsp3) is 0.231. The molecule has 4 rings (SSSR count). The number of hydrogen-bond donors (Lipinski definition) is 2. The van der Waals surface area contributed by atoms with E-state index in [1.165, 1.54) is 0 Å². The first-order valence-electron chi connectivity index (χ1n) is 10.7. The van der Waals surface area contributed by atoms with Gasteiger partial charge in [0.2, 0.25) is 0 Å². The van der Waals surface area contributed by atoms with Gasteiger partial charge in [0.15, 0.2) is 6.10 Å². The van der Waals surface area contributed by atoms with Gasteiger partial charge < -0.3 is 9.84 Å². The van der Waals surface area contributed by atoms with E-state index in [0.29, 0.717) is 17.2 Å². The van der Waals surface area contributed by atoms with Crippen LogP contribution in [0.25, 0.3) is 33.0 Å². The summed E-state index contributed by atoms with van der Waals surface area (Å²) in [4.78, 5) is 12.3. The number of halogens is 1. The molecule has 3 aromatic carbocycles. The lowest BCUT2D eigenvalue weighted by molar-refractivity contribution is -0.151. The van der Waals surface area contributed by atoms with Crippen molar-refractivity contribution in [3.05, 3.63) is 77.1 Å². The van der Waals surface area contributed by atoms with E-state index in [1.54, 1.807) is 6.20 Å². The Balaban J connectivity index is 1.96. The van der Waals surface area contributed by atoms with Gasteiger partial charge in [0.05, 0.1) is 6.20 Å². The first kappa shape index (κ1) is 22.1. The van der Waals surface area contributed by atoms with E-state index in [0.717, 1.165) is 51.4 Å². The third-order valence-electron chi connectivity index (χ3n) is 5.62. The van der Waals surface area contributed by atoms with Crippen molar-refractivity contribution in [2.24, 2.45) is 0 Å². The summed E-state index contributed by atoms with van der Waals surface area (Å²) >= 11 is 6.14.